The summed E-state index contributed by atoms with van der Waals surface area (Å²) in [5.74, 6) is -2.54. The minimum Gasteiger partial charge on any atom is -0.397 e. The quantitative estimate of drug-likeness (QED) is 0.809. The Bertz CT molecular complexity index is 354. The molecule has 2 N–H and O–H groups in total. The SMILES string of the molecule is Nc1cnccc1CN1CCC(F)(F)C1. The highest BCUT2D eigenvalue weighted by Crippen LogP contribution is 2.28. The summed E-state index contributed by atoms with van der Waals surface area (Å²) in [7, 11) is 0. The molecule has 0 saturated carbocycles. The molecule has 0 aliphatic carbocycles. The number of pyridine rings is 1. The van der Waals surface area contributed by atoms with Gasteiger partial charge in [-0.05, 0) is 11.6 Å². The van der Waals surface area contributed by atoms with Gasteiger partial charge in [-0.15, -0.1) is 0 Å². The second kappa shape index (κ2) is 3.73. The molecule has 1 aromatic rings. The van der Waals surface area contributed by atoms with Crippen LogP contribution < -0.4 is 5.73 Å². The van der Waals surface area contributed by atoms with Crippen molar-refractivity contribution in [3.63, 3.8) is 0 Å². The number of likely N-dealkylation sites (tertiary alicyclic amines) is 1. The number of hydrogen-bond acceptors (Lipinski definition) is 3. The minimum absolute atomic E-state index is 0.0576. The van der Waals surface area contributed by atoms with Gasteiger partial charge in [0.1, 0.15) is 0 Å². The molecule has 1 fully saturated rings. The molecule has 2 heterocycles. The van der Waals surface area contributed by atoms with Crippen molar-refractivity contribution in [2.24, 2.45) is 0 Å². The molecule has 3 nitrogen and oxygen atoms in total. The lowest BCUT2D eigenvalue weighted by Gasteiger charge is -2.16. The lowest BCUT2D eigenvalue weighted by Crippen LogP contribution is -2.25. The number of nitrogens with zero attached hydrogens (tertiary/aromatic N) is 2. The van der Waals surface area contributed by atoms with Gasteiger partial charge in [-0.2, -0.15) is 0 Å². The maximum atomic E-state index is 12.9. The van der Waals surface area contributed by atoms with Crippen molar-refractivity contribution >= 4 is 5.69 Å². The Morgan fingerprint density at radius 2 is 2.33 bits per heavy atom. The fourth-order valence-corrected chi connectivity index (χ4v) is 1.76. The lowest BCUT2D eigenvalue weighted by molar-refractivity contribution is 0.0115. The first-order chi connectivity index (χ1) is 7.07. The third kappa shape index (κ3) is 2.41. The topological polar surface area (TPSA) is 42.1 Å². The van der Waals surface area contributed by atoms with E-state index in [0.29, 0.717) is 18.8 Å². The molecule has 15 heavy (non-hydrogen) atoms. The molecule has 0 spiro atoms. The van der Waals surface area contributed by atoms with Crippen molar-refractivity contribution in [3.8, 4) is 0 Å². The Kier molecular flexibility index (Phi) is 2.56. The van der Waals surface area contributed by atoms with Crippen LogP contribution in [0, 0.1) is 0 Å². The summed E-state index contributed by atoms with van der Waals surface area (Å²) >= 11 is 0. The van der Waals surface area contributed by atoms with E-state index in [2.05, 4.69) is 4.98 Å². The Morgan fingerprint density at radius 3 is 2.93 bits per heavy atom. The molecule has 82 valence electrons. The van der Waals surface area contributed by atoms with Crippen LogP contribution in [-0.4, -0.2) is 28.9 Å². The van der Waals surface area contributed by atoms with Crippen LogP contribution in [-0.2, 0) is 6.54 Å². The monoisotopic (exact) mass is 213 g/mol. The van der Waals surface area contributed by atoms with E-state index in [0.717, 1.165) is 5.56 Å². The highest BCUT2D eigenvalue weighted by molar-refractivity contribution is 5.43. The van der Waals surface area contributed by atoms with E-state index in [4.69, 9.17) is 5.73 Å². The van der Waals surface area contributed by atoms with Gasteiger partial charge >= 0.3 is 0 Å². The fourth-order valence-electron chi connectivity index (χ4n) is 1.76. The van der Waals surface area contributed by atoms with E-state index < -0.39 is 5.92 Å². The smallest absolute Gasteiger partial charge is 0.261 e. The van der Waals surface area contributed by atoms with Gasteiger partial charge in [0, 0.05) is 25.7 Å². The van der Waals surface area contributed by atoms with Crippen LogP contribution in [0.3, 0.4) is 0 Å². The molecule has 0 amide bonds. The second-order valence-electron chi connectivity index (χ2n) is 3.89. The normalized spacial score (nSPS) is 20.7. The van der Waals surface area contributed by atoms with Gasteiger partial charge in [-0.25, -0.2) is 8.78 Å². The van der Waals surface area contributed by atoms with Crippen molar-refractivity contribution in [1.29, 1.82) is 0 Å². The molecule has 0 bridgehead atoms. The van der Waals surface area contributed by atoms with Crippen molar-refractivity contribution in [3.05, 3.63) is 24.0 Å². The van der Waals surface area contributed by atoms with E-state index >= 15 is 0 Å². The van der Waals surface area contributed by atoms with Crippen LogP contribution in [0.5, 0.6) is 0 Å². The highest BCUT2D eigenvalue weighted by Gasteiger charge is 2.37. The van der Waals surface area contributed by atoms with Gasteiger partial charge in [-0.1, -0.05) is 0 Å². The zero-order valence-corrected chi connectivity index (χ0v) is 8.29. The molecule has 0 aromatic carbocycles. The lowest BCUT2D eigenvalue weighted by atomic mass is 10.2. The van der Waals surface area contributed by atoms with Crippen molar-refractivity contribution in [2.45, 2.75) is 18.9 Å². The number of halogens is 2. The van der Waals surface area contributed by atoms with Crippen molar-refractivity contribution in [2.75, 3.05) is 18.8 Å². The zero-order valence-electron chi connectivity index (χ0n) is 8.29. The number of rotatable bonds is 2. The number of nitrogen functional groups attached to an aromatic ring is 1. The summed E-state index contributed by atoms with van der Waals surface area (Å²) in [6, 6.07) is 1.77. The number of hydrogen-bond donors (Lipinski definition) is 1. The van der Waals surface area contributed by atoms with Crippen LogP contribution in [0.1, 0.15) is 12.0 Å². The van der Waals surface area contributed by atoms with Crippen LogP contribution in [0.2, 0.25) is 0 Å². The molecule has 0 radical (unpaired) electrons. The summed E-state index contributed by atoms with van der Waals surface area (Å²) in [5, 5.41) is 0. The zero-order chi connectivity index (χ0) is 10.9. The standard InChI is InChI=1S/C10H13F2N3/c11-10(12)2-4-15(7-10)6-8-1-3-14-5-9(8)13/h1,3,5H,2,4,6-7,13H2. The molecule has 1 aliphatic heterocycles. The Morgan fingerprint density at radius 1 is 1.53 bits per heavy atom. The first-order valence-electron chi connectivity index (χ1n) is 4.85. The molecule has 1 aliphatic rings. The maximum Gasteiger partial charge on any atom is 0.261 e. The Hall–Kier alpha value is -1.23. The third-order valence-corrected chi connectivity index (χ3v) is 2.59. The molecular weight excluding hydrogens is 200 g/mol. The highest BCUT2D eigenvalue weighted by atomic mass is 19.3. The summed E-state index contributed by atoms with van der Waals surface area (Å²) in [4.78, 5) is 5.57. The first-order valence-corrected chi connectivity index (χ1v) is 4.85. The van der Waals surface area contributed by atoms with Gasteiger partial charge in [0.05, 0.1) is 18.4 Å². The number of nitrogens with two attached hydrogens (primary N) is 1. The summed E-state index contributed by atoms with van der Waals surface area (Å²) < 4.78 is 25.8. The van der Waals surface area contributed by atoms with E-state index in [1.807, 2.05) is 0 Å². The maximum absolute atomic E-state index is 12.9. The van der Waals surface area contributed by atoms with Gasteiger partial charge in [0.15, 0.2) is 0 Å². The van der Waals surface area contributed by atoms with Gasteiger partial charge in [-0.3, -0.25) is 9.88 Å². The predicted molar refractivity (Wildman–Crippen MR) is 53.5 cm³/mol. The molecule has 1 aromatic heterocycles. The van der Waals surface area contributed by atoms with Crippen molar-refractivity contribution < 1.29 is 8.78 Å². The number of alkyl halides is 2. The van der Waals surface area contributed by atoms with E-state index in [-0.39, 0.29) is 13.0 Å². The average molecular weight is 213 g/mol. The molecule has 1 saturated heterocycles. The van der Waals surface area contributed by atoms with Crippen LogP contribution >= 0.6 is 0 Å². The van der Waals surface area contributed by atoms with Gasteiger partial charge < -0.3 is 5.73 Å². The first kappa shape index (κ1) is 10.3. The third-order valence-electron chi connectivity index (χ3n) is 2.59. The molecule has 0 unspecified atom stereocenters. The van der Waals surface area contributed by atoms with E-state index in [1.54, 1.807) is 23.4 Å². The molecular formula is C10H13F2N3. The van der Waals surface area contributed by atoms with Gasteiger partial charge in [0.25, 0.3) is 5.92 Å². The van der Waals surface area contributed by atoms with Crippen LogP contribution in [0.15, 0.2) is 18.5 Å². The summed E-state index contributed by atoms with van der Waals surface area (Å²) in [5.41, 5.74) is 7.12. The van der Waals surface area contributed by atoms with Crippen LogP contribution in [0.25, 0.3) is 0 Å². The Balaban J connectivity index is 2.02. The summed E-state index contributed by atoms with van der Waals surface area (Å²) in [6.07, 6.45) is 3.11. The van der Waals surface area contributed by atoms with E-state index in [1.165, 1.54) is 0 Å². The fraction of sp³-hybridized carbons (Fsp3) is 0.500. The molecule has 2 rings (SSSR count). The number of aromatic nitrogens is 1. The van der Waals surface area contributed by atoms with Gasteiger partial charge in [0.2, 0.25) is 0 Å². The predicted octanol–water partition coefficient (Wildman–Crippen LogP) is 1.50. The van der Waals surface area contributed by atoms with Crippen LogP contribution in [0.4, 0.5) is 14.5 Å². The largest absolute Gasteiger partial charge is 0.397 e. The second-order valence-corrected chi connectivity index (χ2v) is 3.89. The minimum atomic E-state index is -2.54. The number of anilines is 1. The Labute approximate surface area is 86.9 Å². The molecule has 5 heteroatoms. The van der Waals surface area contributed by atoms with E-state index in [9.17, 15) is 8.78 Å². The summed E-state index contributed by atoms with van der Waals surface area (Å²) in [6.45, 7) is 0.730. The van der Waals surface area contributed by atoms with Crippen molar-refractivity contribution in [1.82, 2.24) is 9.88 Å². The molecule has 0 atom stereocenters. The average Bonchev–Trinajstić information content (AvgIpc) is 2.50.